The van der Waals surface area contributed by atoms with Crippen molar-refractivity contribution in [3.8, 4) is 39.8 Å². The second kappa shape index (κ2) is 7.14. The van der Waals surface area contributed by atoms with Gasteiger partial charge in [-0.3, -0.25) is 0 Å². The largest absolute Gasteiger partial charge is 0.455 e. The summed E-state index contributed by atoms with van der Waals surface area (Å²) in [6.45, 7) is 0. The lowest BCUT2D eigenvalue weighted by Crippen LogP contribution is -1.82. The summed E-state index contributed by atoms with van der Waals surface area (Å²) in [6.07, 6.45) is 0. The molecule has 0 aliphatic carbocycles. The van der Waals surface area contributed by atoms with Crippen LogP contribution in [0.5, 0.6) is 0 Å². The van der Waals surface area contributed by atoms with Gasteiger partial charge in [0, 0.05) is 16.7 Å². The third-order valence-corrected chi connectivity index (χ3v) is 5.15. The number of nitrogens with zero attached hydrogens (tertiary/aromatic N) is 1. The Labute approximate surface area is 169 Å². The predicted octanol–water partition coefficient (Wildman–Crippen LogP) is 7.31. The van der Waals surface area contributed by atoms with Crippen LogP contribution in [-0.4, -0.2) is 0 Å². The Hall–Kier alpha value is -4.09. The van der Waals surface area contributed by atoms with Crippen LogP contribution in [0.4, 0.5) is 0 Å². The second-order valence-electron chi connectivity index (χ2n) is 6.94. The van der Waals surface area contributed by atoms with Crippen LogP contribution in [0.2, 0.25) is 0 Å². The topological polar surface area (TPSA) is 36.9 Å². The number of fused-ring (bicyclic) bond motifs is 1. The van der Waals surface area contributed by atoms with Crippen molar-refractivity contribution in [2.75, 3.05) is 0 Å². The molecule has 0 atom stereocenters. The molecule has 5 aromatic rings. The van der Waals surface area contributed by atoms with Gasteiger partial charge in [0.1, 0.15) is 11.5 Å². The molecule has 0 aliphatic heterocycles. The molecule has 0 bridgehead atoms. The van der Waals surface area contributed by atoms with Crippen LogP contribution in [0.15, 0.2) is 108 Å². The van der Waals surface area contributed by atoms with Crippen molar-refractivity contribution in [2.45, 2.75) is 0 Å². The van der Waals surface area contributed by atoms with E-state index in [9.17, 15) is 0 Å². The Kier molecular flexibility index (Phi) is 4.20. The zero-order chi connectivity index (χ0) is 19.6. The first-order chi connectivity index (χ1) is 14.3. The van der Waals surface area contributed by atoms with E-state index < -0.39 is 0 Å². The number of nitriles is 1. The van der Waals surface area contributed by atoms with Gasteiger partial charge < -0.3 is 4.42 Å². The van der Waals surface area contributed by atoms with E-state index in [1.807, 2.05) is 42.5 Å². The third kappa shape index (κ3) is 3.09. The van der Waals surface area contributed by atoms with E-state index in [-0.39, 0.29) is 0 Å². The van der Waals surface area contributed by atoms with Gasteiger partial charge in [0.25, 0.3) is 0 Å². The van der Waals surface area contributed by atoms with Gasteiger partial charge in [0.05, 0.1) is 11.6 Å². The molecule has 0 saturated carbocycles. The van der Waals surface area contributed by atoms with E-state index in [0.29, 0.717) is 5.56 Å². The lowest BCUT2D eigenvalue weighted by Gasteiger charge is -2.07. The van der Waals surface area contributed by atoms with Crippen molar-refractivity contribution in [2.24, 2.45) is 0 Å². The molecule has 5 rings (SSSR count). The molecule has 1 heterocycles. The summed E-state index contributed by atoms with van der Waals surface area (Å²) in [5, 5.41) is 11.4. The lowest BCUT2D eigenvalue weighted by molar-refractivity contribution is 0.598. The lowest BCUT2D eigenvalue weighted by atomic mass is 9.97. The van der Waals surface area contributed by atoms with Crippen molar-refractivity contribution in [1.29, 1.82) is 5.26 Å². The molecule has 0 N–H and O–H groups in total. The minimum absolute atomic E-state index is 0.637. The van der Waals surface area contributed by atoms with E-state index in [4.69, 9.17) is 9.68 Å². The summed E-state index contributed by atoms with van der Waals surface area (Å²) >= 11 is 0. The quantitative estimate of drug-likeness (QED) is 0.333. The fourth-order valence-corrected chi connectivity index (χ4v) is 3.70. The highest BCUT2D eigenvalue weighted by atomic mass is 16.3. The minimum Gasteiger partial charge on any atom is -0.455 e. The molecule has 0 fully saturated rings. The van der Waals surface area contributed by atoms with Crippen molar-refractivity contribution in [3.63, 3.8) is 0 Å². The third-order valence-electron chi connectivity index (χ3n) is 5.15. The summed E-state index contributed by atoms with van der Waals surface area (Å²) < 4.78 is 6.44. The van der Waals surface area contributed by atoms with Crippen molar-refractivity contribution in [3.05, 3.63) is 109 Å². The highest BCUT2D eigenvalue weighted by Crippen LogP contribution is 2.41. The zero-order valence-corrected chi connectivity index (χ0v) is 15.7. The standard InChI is InChI=1S/C27H17NO/c28-18-19-13-15-22(16-14-19)26-17-25(21-7-2-1-3-8-21)27(29-26)24-12-6-10-20-9-4-5-11-23(20)24/h1-17H. The first-order valence-corrected chi connectivity index (χ1v) is 9.51. The van der Waals surface area contributed by atoms with Crippen LogP contribution in [0.3, 0.4) is 0 Å². The molecule has 4 aromatic carbocycles. The Morgan fingerprint density at radius 1 is 0.621 bits per heavy atom. The fourth-order valence-electron chi connectivity index (χ4n) is 3.70. The molecule has 0 unspecified atom stereocenters. The highest BCUT2D eigenvalue weighted by Gasteiger charge is 2.17. The first kappa shape index (κ1) is 17.0. The molecule has 0 aliphatic rings. The van der Waals surface area contributed by atoms with Gasteiger partial charge >= 0.3 is 0 Å². The van der Waals surface area contributed by atoms with Gasteiger partial charge in [-0.25, -0.2) is 0 Å². The van der Waals surface area contributed by atoms with Gasteiger partial charge in [-0.2, -0.15) is 5.26 Å². The Morgan fingerprint density at radius 2 is 1.34 bits per heavy atom. The maximum Gasteiger partial charge on any atom is 0.143 e. The van der Waals surface area contributed by atoms with E-state index in [2.05, 4.69) is 66.7 Å². The van der Waals surface area contributed by atoms with Crippen molar-refractivity contribution >= 4 is 10.8 Å². The Bertz CT molecular complexity index is 1330. The van der Waals surface area contributed by atoms with Crippen LogP contribution in [0.1, 0.15) is 5.56 Å². The molecule has 29 heavy (non-hydrogen) atoms. The van der Waals surface area contributed by atoms with Crippen molar-refractivity contribution in [1.82, 2.24) is 0 Å². The van der Waals surface area contributed by atoms with E-state index in [0.717, 1.165) is 39.2 Å². The molecular formula is C27H17NO. The number of hydrogen-bond donors (Lipinski definition) is 0. The number of hydrogen-bond acceptors (Lipinski definition) is 2. The second-order valence-corrected chi connectivity index (χ2v) is 6.94. The van der Waals surface area contributed by atoms with Gasteiger partial charge in [0.2, 0.25) is 0 Å². The molecule has 0 radical (unpaired) electrons. The van der Waals surface area contributed by atoms with Gasteiger partial charge in [-0.15, -0.1) is 0 Å². The van der Waals surface area contributed by atoms with Gasteiger partial charge in [-0.1, -0.05) is 72.8 Å². The summed E-state index contributed by atoms with van der Waals surface area (Å²) in [4.78, 5) is 0. The molecule has 1 aromatic heterocycles. The van der Waals surface area contributed by atoms with Crippen LogP contribution in [-0.2, 0) is 0 Å². The van der Waals surface area contributed by atoms with Crippen LogP contribution >= 0.6 is 0 Å². The number of benzene rings is 4. The van der Waals surface area contributed by atoms with Crippen LogP contribution in [0, 0.1) is 11.3 Å². The summed E-state index contributed by atoms with van der Waals surface area (Å²) in [5.41, 5.74) is 4.83. The molecule has 0 spiro atoms. The zero-order valence-electron chi connectivity index (χ0n) is 15.7. The van der Waals surface area contributed by atoms with Crippen molar-refractivity contribution < 1.29 is 4.42 Å². The highest BCUT2D eigenvalue weighted by molar-refractivity contribution is 5.99. The molecular weight excluding hydrogens is 354 g/mol. The van der Waals surface area contributed by atoms with E-state index in [1.165, 1.54) is 5.39 Å². The van der Waals surface area contributed by atoms with Crippen LogP contribution < -0.4 is 0 Å². The minimum atomic E-state index is 0.637. The monoisotopic (exact) mass is 371 g/mol. The first-order valence-electron chi connectivity index (χ1n) is 9.51. The van der Waals surface area contributed by atoms with Gasteiger partial charge in [0.15, 0.2) is 0 Å². The maximum absolute atomic E-state index is 9.07. The number of furan rings is 1. The summed E-state index contributed by atoms with van der Waals surface area (Å²) in [5.74, 6) is 1.64. The Balaban J connectivity index is 1.75. The Morgan fingerprint density at radius 3 is 2.14 bits per heavy atom. The normalized spacial score (nSPS) is 10.7. The maximum atomic E-state index is 9.07. The molecule has 2 heteroatoms. The fraction of sp³-hybridized carbons (Fsp3) is 0. The van der Waals surface area contributed by atoms with Gasteiger partial charge in [-0.05, 0) is 46.7 Å². The van der Waals surface area contributed by atoms with E-state index in [1.54, 1.807) is 0 Å². The predicted molar refractivity (Wildman–Crippen MR) is 117 cm³/mol. The smallest absolute Gasteiger partial charge is 0.143 e. The van der Waals surface area contributed by atoms with E-state index >= 15 is 0 Å². The molecule has 136 valence electrons. The number of rotatable bonds is 3. The molecule has 0 amide bonds. The molecule has 2 nitrogen and oxygen atoms in total. The SMILES string of the molecule is N#Cc1ccc(-c2cc(-c3ccccc3)c(-c3cccc4ccccc34)o2)cc1. The summed E-state index contributed by atoms with van der Waals surface area (Å²) in [6, 6.07) is 36.7. The molecule has 0 saturated heterocycles. The van der Waals surface area contributed by atoms with Crippen LogP contribution in [0.25, 0.3) is 44.5 Å². The summed E-state index contributed by atoms with van der Waals surface area (Å²) in [7, 11) is 0. The average molecular weight is 371 g/mol. The average Bonchev–Trinajstić information content (AvgIpc) is 3.24.